The Morgan fingerprint density at radius 1 is 1.00 bits per heavy atom. The minimum atomic E-state index is -0.614. The Morgan fingerprint density at radius 2 is 1.63 bits per heavy atom. The third-order valence-corrected chi connectivity index (χ3v) is 4.68. The number of carbonyl (C=O) groups is 1. The fraction of sp³-hybridized carbons (Fsp3) is 0.227. The molecule has 0 aliphatic rings. The summed E-state index contributed by atoms with van der Waals surface area (Å²) in [6, 6.07) is 15.3. The molecule has 3 aromatic rings. The second-order valence-corrected chi connectivity index (χ2v) is 6.75. The summed E-state index contributed by atoms with van der Waals surface area (Å²) >= 11 is 0. The Bertz CT molecular complexity index is 944. The predicted octanol–water partition coefficient (Wildman–Crippen LogP) is 4.70. The van der Waals surface area contributed by atoms with Gasteiger partial charge in [-0.2, -0.15) is 0 Å². The molecule has 3 nitrogen and oxygen atoms in total. The van der Waals surface area contributed by atoms with E-state index in [1.165, 1.54) is 18.2 Å². The van der Waals surface area contributed by atoms with Gasteiger partial charge in [0.25, 0.3) is 5.91 Å². The molecule has 27 heavy (non-hydrogen) atoms. The molecule has 5 heteroatoms. The zero-order chi connectivity index (χ0) is 19.6. The van der Waals surface area contributed by atoms with E-state index in [0.29, 0.717) is 12.2 Å². The van der Waals surface area contributed by atoms with E-state index >= 15 is 0 Å². The number of nitrogens with zero attached hydrogens (tertiary/aromatic N) is 2. The summed E-state index contributed by atoms with van der Waals surface area (Å²) in [5.41, 5.74) is 2.99. The molecule has 1 amide bonds. The lowest BCUT2D eigenvalue weighted by Crippen LogP contribution is -2.29. The van der Waals surface area contributed by atoms with Gasteiger partial charge in [0, 0.05) is 24.8 Å². The first-order chi connectivity index (χ1) is 12.9. The van der Waals surface area contributed by atoms with Gasteiger partial charge in [-0.3, -0.25) is 4.79 Å². The molecule has 0 bridgehead atoms. The number of hydrogen-bond donors (Lipinski definition) is 0. The molecular weight excluding hydrogens is 346 g/mol. The highest BCUT2D eigenvalue weighted by molar-refractivity contribution is 5.94. The first kappa shape index (κ1) is 18.8. The summed E-state index contributed by atoms with van der Waals surface area (Å²) in [4.78, 5) is 14.7. The molecule has 0 saturated heterocycles. The molecule has 0 fully saturated rings. The Balaban J connectivity index is 1.93. The van der Waals surface area contributed by atoms with Gasteiger partial charge in [0.2, 0.25) is 0 Å². The van der Waals surface area contributed by atoms with Gasteiger partial charge in [-0.05, 0) is 43.2 Å². The summed E-state index contributed by atoms with van der Waals surface area (Å²) < 4.78 is 29.9. The van der Waals surface area contributed by atoms with E-state index in [9.17, 15) is 13.6 Å². The lowest BCUT2D eigenvalue weighted by Gasteiger charge is -2.20. The fourth-order valence-electron chi connectivity index (χ4n) is 3.29. The lowest BCUT2D eigenvalue weighted by molar-refractivity contribution is 0.0773. The van der Waals surface area contributed by atoms with Crippen LogP contribution in [-0.4, -0.2) is 22.4 Å². The standard InChI is InChI=1S/C22H22F2N2O/c1-15-12-16(2)26(14-18-19(23)10-7-11-20(18)24)21(15)22(27)25(3)13-17-8-5-4-6-9-17/h4-12H,13-14H2,1-3H3. The van der Waals surface area contributed by atoms with Crippen LogP contribution in [0.1, 0.15) is 32.9 Å². The van der Waals surface area contributed by atoms with Crippen molar-refractivity contribution >= 4 is 5.91 Å². The van der Waals surface area contributed by atoms with E-state index in [-0.39, 0.29) is 18.0 Å². The first-order valence-corrected chi connectivity index (χ1v) is 8.77. The Morgan fingerprint density at radius 3 is 2.26 bits per heavy atom. The van der Waals surface area contributed by atoms with Crippen LogP contribution in [0.5, 0.6) is 0 Å². The van der Waals surface area contributed by atoms with Crippen LogP contribution in [0.4, 0.5) is 8.78 Å². The largest absolute Gasteiger partial charge is 0.336 e. The number of aryl methyl sites for hydroxylation is 2. The molecule has 0 aliphatic carbocycles. The Kier molecular flexibility index (Phi) is 5.40. The molecule has 0 unspecified atom stereocenters. The van der Waals surface area contributed by atoms with Crippen LogP contribution < -0.4 is 0 Å². The topological polar surface area (TPSA) is 25.2 Å². The fourth-order valence-corrected chi connectivity index (χ4v) is 3.29. The van der Waals surface area contributed by atoms with Crippen molar-refractivity contribution in [2.24, 2.45) is 0 Å². The number of rotatable bonds is 5. The van der Waals surface area contributed by atoms with Gasteiger partial charge in [0.1, 0.15) is 17.3 Å². The summed E-state index contributed by atoms with van der Waals surface area (Å²) in [5.74, 6) is -1.41. The summed E-state index contributed by atoms with van der Waals surface area (Å²) in [6.07, 6.45) is 0. The maximum atomic E-state index is 14.1. The highest BCUT2D eigenvalue weighted by Gasteiger charge is 2.22. The van der Waals surface area contributed by atoms with E-state index < -0.39 is 11.6 Å². The molecule has 0 spiro atoms. The van der Waals surface area contributed by atoms with Crippen molar-refractivity contribution in [1.29, 1.82) is 0 Å². The van der Waals surface area contributed by atoms with Crippen molar-refractivity contribution in [3.05, 3.63) is 94.3 Å². The zero-order valence-corrected chi connectivity index (χ0v) is 15.7. The van der Waals surface area contributed by atoms with Crippen LogP contribution in [0.25, 0.3) is 0 Å². The van der Waals surface area contributed by atoms with E-state index in [1.807, 2.05) is 50.2 Å². The van der Waals surface area contributed by atoms with Crippen molar-refractivity contribution < 1.29 is 13.6 Å². The van der Waals surface area contributed by atoms with Crippen molar-refractivity contribution in [1.82, 2.24) is 9.47 Å². The average molecular weight is 368 g/mol. The van der Waals surface area contributed by atoms with Gasteiger partial charge in [-0.1, -0.05) is 36.4 Å². The van der Waals surface area contributed by atoms with E-state index in [1.54, 1.807) is 16.5 Å². The minimum Gasteiger partial charge on any atom is -0.336 e. The Hall–Kier alpha value is -2.95. The Labute approximate surface area is 157 Å². The predicted molar refractivity (Wildman–Crippen MR) is 102 cm³/mol. The first-order valence-electron chi connectivity index (χ1n) is 8.77. The number of amides is 1. The maximum absolute atomic E-state index is 14.1. The third kappa shape index (κ3) is 3.92. The quantitative estimate of drug-likeness (QED) is 0.641. The number of benzene rings is 2. The molecule has 140 valence electrons. The SMILES string of the molecule is Cc1cc(C)n(Cc2c(F)cccc2F)c1C(=O)N(C)Cc1ccccc1. The molecule has 3 rings (SSSR count). The minimum absolute atomic E-state index is 0.0293. The van der Waals surface area contributed by atoms with Crippen molar-refractivity contribution in [3.63, 3.8) is 0 Å². The van der Waals surface area contributed by atoms with Crippen LogP contribution in [0.15, 0.2) is 54.6 Å². The molecule has 0 saturated carbocycles. The number of hydrogen-bond acceptors (Lipinski definition) is 1. The molecule has 0 radical (unpaired) electrons. The number of halogens is 2. The summed E-state index contributed by atoms with van der Waals surface area (Å²) in [6.45, 7) is 4.10. The molecule has 2 aromatic carbocycles. The second-order valence-electron chi connectivity index (χ2n) is 6.75. The van der Waals surface area contributed by atoms with Crippen molar-refractivity contribution in [3.8, 4) is 0 Å². The van der Waals surface area contributed by atoms with Gasteiger partial charge in [0.15, 0.2) is 0 Å². The van der Waals surface area contributed by atoms with Gasteiger partial charge in [0.05, 0.1) is 6.54 Å². The van der Waals surface area contributed by atoms with Crippen LogP contribution in [0.3, 0.4) is 0 Å². The second kappa shape index (κ2) is 7.74. The van der Waals surface area contributed by atoms with Gasteiger partial charge in [-0.15, -0.1) is 0 Å². The third-order valence-electron chi connectivity index (χ3n) is 4.68. The summed E-state index contributed by atoms with van der Waals surface area (Å²) in [5, 5.41) is 0. The van der Waals surface area contributed by atoms with Crippen LogP contribution >= 0.6 is 0 Å². The van der Waals surface area contributed by atoms with Gasteiger partial charge in [-0.25, -0.2) is 8.78 Å². The van der Waals surface area contributed by atoms with Crippen LogP contribution in [-0.2, 0) is 13.1 Å². The normalized spacial score (nSPS) is 10.9. The smallest absolute Gasteiger partial charge is 0.270 e. The van der Waals surface area contributed by atoms with Gasteiger partial charge >= 0.3 is 0 Å². The monoisotopic (exact) mass is 368 g/mol. The van der Waals surface area contributed by atoms with Crippen molar-refractivity contribution in [2.75, 3.05) is 7.05 Å². The molecule has 0 atom stereocenters. The lowest BCUT2D eigenvalue weighted by atomic mass is 10.1. The zero-order valence-electron chi connectivity index (χ0n) is 15.7. The van der Waals surface area contributed by atoms with E-state index in [0.717, 1.165) is 16.8 Å². The highest BCUT2D eigenvalue weighted by atomic mass is 19.1. The van der Waals surface area contributed by atoms with E-state index in [2.05, 4.69) is 0 Å². The summed E-state index contributed by atoms with van der Waals surface area (Å²) in [7, 11) is 1.73. The maximum Gasteiger partial charge on any atom is 0.270 e. The van der Waals surface area contributed by atoms with Gasteiger partial charge < -0.3 is 9.47 Å². The number of aromatic nitrogens is 1. The van der Waals surface area contributed by atoms with E-state index in [4.69, 9.17) is 0 Å². The van der Waals surface area contributed by atoms with Crippen LogP contribution in [0.2, 0.25) is 0 Å². The number of carbonyl (C=O) groups excluding carboxylic acids is 1. The molecular formula is C22H22F2N2O. The average Bonchev–Trinajstić information content (AvgIpc) is 2.91. The molecule has 0 N–H and O–H groups in total. The molecule has 1 heterocycles. The molecule has 0 aliphatic heterocycles. The van der Waals surface area contributed by atoms with Crippen molar-refractivity contribution in [2.45, 2.75) is 26.9 Å². The highest BCUT2D eigenvalue weighted by Crippen LogP contribution is 2.22. The molecule has 1 aromatic heterocycles. The van der Waals surface area contributed by atoms with Crippen LogP contribution in [0, 0.1) is 25.5 Å².